The fourth-order valence-electron chi connectivity index (χ4n) is 0.997. The molecule has 0 saturated carbocycles. The molecular formula is C9H6ClF3O2. The van der Waals surface area contributed by atoms with Crippen LogP contribution < -0.4 is 4.74 Å². The molecule has 0 N–H and O–H groups in total. The van der Waals surface area contributed by atoms with Crippen molar-refractivity contribution in [3.05, 3.63) is 28.5 Å². The van der Waals surface area contributed by atoms with Gasteiger partial charge in [-0.3, -0.25) is 4.79 Å². The van der Waals surface area contributed by atoms with Gasteiger partial charge in [0.25, 0.3) is 0 Å². The van der Waals surface area contributed by atoms with E-state index in [0.717, 1.165) is 13.0 Å². The average molecular weight is 239 g/mol. The summed E-state index contributed by atoms with van der Waals surface area (Å²) in [6.45, 7) is -1.98. The molecule has 0 atom stereocenters. The zero-order valence-electron chi connectivity index (χ0n) is 7.56. The number of ether oxygens (including phenoxy) is 1. The summed E-state index contributed by atoms with van der Waals surface area (Å²) in [5, 5.41) is -0.318. The lowest BCUT2D eigenvalue weighted by atomic mass is 10.1. The van der Waals surface area contributed by atoms with Gasteiger partial charge in [-0.2, -0.15) is 8.78 Å². The maximum absolute atomic E-state index is 12.9. The van der Waals surface area contributed by atoms with Gasteiger partial charge in [0.05, 0.1) is 10.6 Å². The molecule has 2 nitrogen and oxygen atoms in total. The molecule has 0 aliphatic rings. The Morgan fingerprint density at radius 3 is 2.53 bits per heavy atom. The van der Waals surface area contributed by atoms with Crippen molar-refractivity contribution in [2.45, 2.75) is 13.5 Å². The molecule has 0 aliphatic carbocycles. The highest BCUT2D eigenvalue weighted by Crippen LogP contribution is 2.27. The fourth-order valence-corrected chi connectivity index (χ4v) is 1.16. The first-order valence-electron chi connectivity index (χ1n) is 3.86. The molecular weight excluding hydrogens is 233 g/mol. The number of alkyl halides is 2. The minimum absolute atomic E-state index is 0.179. The number of hydrogen-bond acceptors (Lipinski definition) is 2. The summed E-state index contributed by atoms with van der Waals surface area (Å²) < 4.78 is 40.7. The number of rotatable bonds is 3. The molecule has 15 heavy (non-hydrogen) atoms. The number of hydrogen-bond donors (Lipinski definition) is 0. The minimum Gasteiger partial charge on any atom is -0.434 e. The molecule has 6 heteroatoms. The van der Waals surface area contributed by atoms with Gasteiger partial charge in [-0.05, 0) is 13.0 Å². The van der Waals surface area contributed by atoms with Crippen LogP contribution in [0.4, 0.5) is 13.2 Å². The van der Waals surface area contributed by atoms with Crippen molar-refractivity contribution in [1.29, 1.82) is 0 Å². The molecule has 0 heterocycles. The zero-order chi connectivity index (χ0) is 11.6. The maximum atomic E-state index is 12.9. The van der Waals surface area contributed by atoms with Crippen LogP contribution in [0, 0.1) is 5.82 Å². The molecule has 0 bridgehead atoms. The van der Waals surface area contributed by atoms with Crippen LogP contribution >= 0.6 is 11.6 Å². The van der Waals surface area contributed by atoms with Crippen molar-refractivity contribution < 1.29 is 22.7 Å². The first-order chi connectivity index (χ1) is 6.91. The summed E-state index contributed by atoms with van der Waals surface area (Å²) in [7, 11) is 0. The van der Waals surface area contributed by atoms with Gasteiger partial charge >= 0.3 is 6.61 Å². The Morgan fingerprint density at radius 2 is 2.07 bits per heavy atom. The molecule has 0 aromatic heterocycles. The van der Waals surface area contributed by atoms with Crippen molar-refractivity contribution in [2.75, 3.05) is 0 Å². The molecule has 1 aromatic rings. The Labute approximate surface area is 88.6 Å². The van der Waals surface area contributed by atoms with Gasteiger partial charge in [0.2, 0.25) is 0 Å². The van der Waals surface area contributed by atoms with Gasteiger partial charge in [0.15, 0.2) is 5.78 Å². The molecule has 0 saturated heterocycles. The quantitative estimate of drug-likeness (QED) is 0.756. The summed E-state index contributed by atoms with van der Waals surface area (Å²) in [5.74, 6) is -1.97. The second-order valence-corrected chi connectivity index (χ2v) is 3.10. The molecule has 0 radical (unpaired) electrons. The summed E-state index contributed by atoms with van der Waals surface area (Å²) in [4.78, 5) is 11.0. The van der Waals surface area contributed by atoms with Gasteiger partial charge in [-0.25, -0.2) is 4.39 Å². The standard InChI is InChI=1S/C9H6ClF3O2/c1-4(14)5-2-6(10)7(11)3-8(5)15-9(12)13/h2-3,9H,1H3. The van der Waals surface area contributed by atoms with E-state index in [9.17, 15) is 18.0 Å². The topological polar surface area (TPSA) is 26.3 Å². The van der Waals surface area contributed by atoms with E-state index in [1.165, 1.54) is 0 Å². The van der Waals surface area contributed by atoms with Crippen LogP contribution in [0.15, 0.2) is 12.1 Å². The zero-order valence-corrected chi connectivity index (χ0v) is 8.32. The first-order valence-corrected chi connectivity index (χ1v) is 4.24. The predicted octanol–water partition coefficient (Wildman–Crippen LogP) is 3.28. The van der Waals surface area contributed by atoms with Crippen molar-refractivity contribution in [3.63, 3.8) is 0 Å². The normalized spacial score (nSPS) is 10.5. The van der Waals surface area contributed by atoms with Gasteiger partial charge in [-0.1, -0.05) is 11.6 Å². The van der Waals surface area contributed by atoms with Gasteiger partial charge in [0, 0.05) is 6.07 Å². The Balaban J connectivity index is 3.22. The van der Waals surface area contributed by atoms with Crippen molar-refractivity contribution >= 4 is 17.4 Å². The van der Waals surface area contributed by atoms with Crippen molar-refractivity contribution in [3.8, 4) is 5.75 Å². The third kappa shape index (κ3) is 2.86. The lowest BCUT2D eigenvalue weighted by molar-refractivity contribution is -0.0502. The highest BCUT2D eigenvalue weighted by Gasteiger charge is 2.16. The van der Waals surface area contributed by atoms with Crippen LogP contribution in [-0.4, -0.2) is 12.4 Å². The Bertz CT molecular complexity index is 393. The average Bonchev–Trinajstić information content (AvgIpc) is 2.09. The summed E-state index contributed by atoms with van der Waals surface area (Å²) in [5.41, 5.74) is -0.179. The fraction of sp³-hybridized carbons (Fsp3) is 0.222. The third-order valence-electron chi connectivity index (χ3n) is 1.62. The summed E-state index contributed by atoms with van der Waals surface area (Å²) >= 11 is 5.40. The van der Waals surface area contributed by atoms with Gasteiger partial charge in [-0.15, -0.1) is 0 Å². The van der Waals surface area contributed by atoms with Crippen LogP contribution in [0.5, 0.6) is 5.75 Å². The summed E-state index contributed by atoms with van der Waals surface area (Å²) in [6, 6.07) is 1.61. The molecule has 0 aliphatic heterocycles. The Kier molecular flexibility index (Phi) is 3.57. The predicted molar refractivity (Wildman–Crippen MR) is 48.0 cm³/mol. The van der Waals surface area contributed by atoms with Crippen molar-refractivity contribution in [2.24, 2.45) is 0 Å². The van der Waals surface area contributed by atoms with Crippen LogP contribution in [0.2, 0.25) is 5.02 Å². The van der Waals surface area contributed by atoms with Crippen LogP contribution in [0.25, 0.3) is 0 Å². The van der Waals surface area contributed by atoms with Crippen LogP contribution in [0.3, 0.4) is 0 Å². The Morgan fingerprint density at radius 1 is 1.47 bits per heavy atom. The number of carbonyl (C=O) groups is 1. The first kappa shape index (κ1) is 11.8. The van der Waals surface area contributed by atoms with Crippen LogP contribution in [-0.2, 0) is 0 Å². The molecule has 0 amide bonds. The minimum atomic E-state index is -3.12. The van der Waals surface area contributed by atoms with E-state index in [0.29, 0.717) is 6.07 Å². The highest BCUT2D eigenvalue weighted by atomic mass is 35.5. The molecule has 1 aromatic carbocycles. The number of ketones is 1. The second kappa shape index (κ2) is 4.53. The van der Waals surface area contributed by atoms with E-state index in [-0.39, 0.29) is 10.6 Å². The number of halogens is 4. The molecule has 1 rings (SSSR count). The van der Waals surface area contributed by atoms with E-state index in [2.05, 4.69) is 4.74 Å². The monoisotopic (exact) mass is 238 g/mol. The van der Waals surface area contributed by atoms with E-state index in [4.69, 9.17) is 11.6 Å². The number of benzene rings is 1. The highest BCUT2D eigenvalue weighted by molar-refractivity contribution is 6.31. The summed E-state index contributed by atoms with van der Waals surface area (Å²) in [6.07, 6.45) is 0. The van der Waals surface area contributed by atoms with Gasteiger partial charge in [0.1, 0.15) is 11.6 Å². The second-order valence-electron chi connectivity index (χ2n) is 2.70. The lowest BCUT2D eigenvalue weighted by Gasteiger charge is -2.09. The van der Waals surface area contributed by atoms with E-state index in [1.54, 1.807) is 0 Å². The molecule has 0 fully saturated rings. The van der Waals surface area contributed by atoms with Crippen LogP contribution in [0.1, 0.15) is 17.3 Å². The third-order valence-corrected chi connectivity index (χ3v) is 1.91. The molecule has 0 spiro atoms. The largest absolute Gasteiger partial charge is 0.434 e. The molecule has 82 valence electrons. The SMILES string of the molecule is CC(=O)c1cc(Cl)c(F)cc1OC(F)F. The lowest BCUT2D eigenvalue weighted by Crippen LogP contribution is -2.07. The molecule has 0 unspecified atom stereocenters. The van der Waals surface area contributed by atoms with Crippen molar-refractivity contribution in [1.82, 2.24) is 0 Å². The van der Waals surface area contributed by atoms with Gasteiger partial charge < -0.3 is 4.74 Å². The number of carbonyl (C=O) groups excluding carboxylic acids is 1. The van der Waals surface area contributed by atoms with E-state index < -0.39 is 24.0 Å². The maximum Gasteiger partial charge on any atom is 0.387 e. The Hall–Kier alpha value is -1.23. The number of Topliss-reactive ketones (excluding diaryl/α,β-unsaturated/α-hetero) is 1. The smallest absolute Gasteiger partial charge is 0.387 e. The van der Waals surface area contributed by atoms with E-state index >= 15 is 0 Å². The van der Waals surface area contributed by atoms with E-state index in [1.807, 2.05) is 0 Å².